The summed E-state index contributed by atoms with van der Waals surface area (Å²) >= 11 is 0. The normalized spacial score (nSPS) is 25.1. The maximum absolute atomic E-state index is 5.17. The number of methoxy groups -OCH3 is 1. The molecule has 1 atom stereocenters. The lowest BCUT2D eigenvalue weighted by atomic mass is 9.72. The molecular formula is C13H19NO. The third-order valence-corrected chi connectivity index (χ3v) is 3.55. The lowest BCUT2D eigenvalue weighted by Gasteiger charge is -2.47. The summed E-state index contributed by atoms with van der Waals surface area (Å²) in [5.41, 5.74) is 1.58. The average Bonchev–Trinajstić information content (AvgIpc) is 2.16. The summed E-state index contributed by atoms with van der Waals surface area (Å²) in [4.78, 5) is 0. The molecule has 1 saturated heterocycles. The van der Waals surface area contributed by atoms with E-state index in [-0.39, 0.29) is 5.54 Å². The van der Waals surface area contributed by atoms with E-state index in [1.54, 1.807) is 7.11 Å². The van der Waals surface area contributed by atoms with Crippen molar-refractivity contribution in [2.24, 2.45) is 5.92 Å². The first-order chi connectivity index (χ1) is 7.19. The van der Waals surface area contributed by atoms with Crippen molar-refractivity contribution in [3.8, 4) is 5.75 Å². The molecule has 1 unspecified atom stereocenters. The minimum absolute atomic E-state index is 0.201. The van der Waals surface area contributed by atoms with Gasteiger partial charge in [0.2, 0.25) is 0 Å². The van der Waals surface area contributed by atoms with Gasteiger partial charge in [0.25, 0.3) is 0 Å². The first kappa shape index (κ1) is 10.5. The molecular weight excluding hydrogens is 186 g/mol. The smallest absolute Gasteiger partial charge is 0.118 e. The van der Waals surface area contributed by atoms with E-state index in [1.165, 1.54) is 12.0 Å². The molecule has 0 aromatic heterocycles. The van der Waals surface area contributed by atoms with Gasteiger partial charge >= 0.3 is 0 Å². The van der Waals surface area contributed by atoms with E-state index < -0.39 is 0 Å². The molecule has 1 fully saturated rings. The first-order valence-corrected chi connectivity index (χ1v) is 5.58. The van der Waals surface area contributed by atoms with Gasteiger partial charge in [0, 0.05) is 5.54 Å². The number of hydrogen-bond donors (Lipinski definition) is 1. The summed E-state index contributed by atoms with van der Waals surface area (Å²) in [6.07, 6.45) is 1.23. The van der Waals surface area contributed by atoms with Gasteiger partial charge in [-0.2, -0.15) is 0 Å². The van der Waals surface area contributed by atoms with Crippen molar-refractivity contribution in [2.45, 2.75) is 25.8 Å². The van der Waals surface area contributed by atoms with E-state index in [9.17, 15) is 0 Å². The van der Waals surface area contributed by atoms with Crippen LogP contribution in [0.25, 0.3) is 0 Å². The molecule has 1 heterocycles. The summed E-state index contributed by atoms with van der Waals surface area (Å²) in [7, 11) is 1.70. The van der Waals surface area contributed by atoms with Crippen LogP contribution in [0.3, 0.4) is 0 Å². The van der Waals surface area contributed by atoms with Gasteiger partial charge in [0.15, 0.2) is 0 Å². The molecule has 2 heteroatoms. The molecule has 0 saturated carbocycles. The average molecular weight is 205 g/mol. The Morgan fingerprint density at radius 2 is 1.87 bits per heavy atom. The third kappa shape index (κ3) is 1.63. The van der Waals surface area contributed by atoms with Gasteiger partial charge in [-0.05, 0) is 36.6 Å². The largest absolute Gasteiger partial charge is 0.497 e. The summed E-state index contributed by atoms with van der Waals surface area (Å²) in [5, 5.41) is 3.57. The standard InChI is InChI=1S/C13H19NO/c1-10(2)13(8-9-14-13)11-4-6-12(15-3)7-5-11/h4-7,10,14H,8-9H2,1-3H3. The highest BCUT2D eigenvalue weighted by atomic mass is 16.5. The van der Waals surface area contributed by atoms with Crippen LogP contribution in [-0.4, -0.2) is 13.7 Å². The van der Waals surface area contributed by atoms with Gasteiger partial charge in [-0.3, -0.25) is 0 Å². The van der Waals surface area contributed by atoms with Gasteiger partial charge in [0.1, 0.15) is 5.75 Å². The zero-order chi connectivity index (χ0) is 10.9. The Morgan fingerprint density at radius 3 is 2.20 bits per heavy atom. The Labute approximate surface area is 91.6 Å². The fraction of sp³-hybridized carbons (Fsp3) is 0.538. The Bertz CT molecular complexity index is 325. The second kappa shape index (κ2) is 3.86. The Hall–Kier alpha value is -1.02. The molecule has 82 valence electrons. The summed E-state index contributed by atoms with van der Waals surface area (Å²) in [6, 6.07) is 8.43. The molecule has 1 aliphatic rings. The van der Waals surface area contributed by atoms with Crippen LogP contribution < -0.4 is 10.1 Å². The van der Waals surface area contributed by atoms with Crippen molar-refractivity contribution in [3.05, 3.63) is 29.8 Å². The first-order valence-electron chi connectivity index (χ1n) is 5.58. The van der Waals surface area contributed by atoms with E-state index in [0.29, 0.717) is 5.92 Å². The van der Waals surface area contributed by atoms with Crippen LogP contribution in [0.15, 0.2) is 24.3 Å². The predicted molar refractivity (Wildman–Crippen MR) is 62.1 cm³/mol. The molecule has 1 aromatic carbocycles. The van der Waals surface area contributed by atoms with Crippen LogP contribution >= 0.6 is 0 Å². The molecule has 1 aromatic rings. The van der Waals surface area contributed by atoms with Gasteiger partial charge < -0.3 is 10.1 Å². The predicted octanol–water partition coefficient (Wildman–Crippen LogP) is 2.54. The van der Waals surface area contributed by atoms with Crippen molar-refractivity contribution in [1.29, 1.82) is 0 Å². The quantitative estimate of drug-likeness (QED) is 0.818. The maximum Gasteiger partial charge on any atom is 0.118 e. The van der Waals surface area contributed by atoms with E-state index in [4.69, 9.17) is 4.74 Å². The van der Waals surface area contributed by atoms with Crippen LogP contribution in [0.5, 0.6) is 5.75 Å². The number of benzene rings is 1. The second-order valence-corrected chi connectivity index (χ2v) is 4.53. The van der Waals surface area contributed by atoms with Crippen molar-refractivity contribution in [1.82, 2.24) is 5.32 Å². The third-order valence-electron chi connectivity index (χ3n) is 3.55. The highest BCUT2D eigenvalue weighted by molar-refractivity contribution is 5.34. The van der Waals surface area contributed by atoms with E-state index >= 15 is 0 Å². The Morgan fingerprint density at radius 1 is 1.27 bits per heavy atom. The topological polar surface area (TPSA) is 21.3 Å². The minimum atomic E-state index is 0.201. The molecule has 0 radical (unpaired) electrons. The van der Waals surface area contributed by atoms with E-state index in [2.05, 4.69) is 31.3 Å². The van der Waals surface area contributed by atoms with Crippen molar-refractivity contribution in [3.63, 3.8) is 0 Å². The second-order valence-electron chi connectivity index (χ2n) is 4.53. The summed E-state index contributed by atoms with van der Waals surface area (Å²) in [6.45, 7) is 5.68. The lowest BCUT2D eigenvalue weighted by Crippen LogP contribution is -2.57. The summed E-state index contributed by atoms with van der Waals surface area (Å²) < 4.78 is 5.17. The molecule has 0 spiro atoms. The van der Waals surface area contributed by atoms with Crippen molar-refractivity contribution < 1.29 is 4.74 Å². The molecule has 0 bridgehead atoms. The van der Waals surface area contributed by atoms with Crippen LogP contribution in [0.1, 0.15) is 25.8 Å². The van der Waals surface area contributed by atoms with Gasteiger partial charge in [-0.25, -0.2) is 0 Å². The monoisotopic (exact) mass is 205 g/mol. The highest BCUT2D eigenvalue weighted by Crippen LogP contribution is 2.38. The van der Waals surface area contributed by atoms with Gasteiger partial charge in [0.05, 0.1) is 7.11 Å². The number of ether oxygens (including phenoxy) is 1. The molecule has 15 heavy (non-hydrogen) atoms. The van der Waals surface area contributed by atoms with Crippen LogP contribution in [0.4, 0.5) is 0 Å². The molecule has 2 rings (SSSR count). The Kier molecular flexibility index (Phi) is 2.70. The maximum atomic E-state index is 5.17. The van der Waals surface area contributed by atoms with Gasteiger partial charge in [-0.15, -0.1) is 0 Å². The van der Waals surface area contributed by atoms with Crippen molar-refractivity contribution >= 4 is 0 Å². The lowest BCUT2D eigenvalue weighted by molar-refractivity contribution is 0.139. The van der Waals surface area contributed by atoms with Crippen LogP contribution in [-0.2, 0) is 5.54 Å². The molecule has 1 N–H and O–H groups in total. The highest BCUT2D eigenvalue weighted by Gasteiger charge is 2.40. The van der Waals surface area contributed by atoms with E-state index in [1.807, 2.05) is 12.1 Å². The molecule has 0 aliphatic carbocycles. The zero-order valence-corrected chi connectivity index (χ0v) is 9.71. The van der Waals surface area contributed by atoms with Gasteiger partial charge in [-0.1, -0.05) is 26.0 Å². The van der Waals surface area contributed by atoms with Crippen molar-refractivity contribution in [2.75, 3.05) is 13.7 Å². The van der Waals surface area contributed by atoms with E-state index in [0.717, 1.165) is 12.3 Å². The minimum Gasteiger partial charge on any atom is -0.497 e. The SMILES string of the molecule is COc1ccc(C2(C(C)C)CCN2)cc1. The number of nitrogens with one attached hydrogen (secondary N) is 1. The fourth-order valence-corrected chi connectivity index (χ4v) is 2.36. The molecule has 2 nitrogen and oxygen atoms in total. The number of hydrogen-bond acceptors (Lipinski definition) is 2. The Balaban J connectivity index is 2.27. The fourth-order valence-electron chi connectivity index (χ4n) is 2.36. The number of rotatable bonds is 3. The molecule has 1 aliphatic heterocycles. The van der Waals surface area contributed by atoms with Crippen LogP contribution in [0.2, 0.25) is 0 Å². The molecule has 0 amide bonds. The zero-order valence-electron chi connectivity index (χ0n) is 9.71. The van der Waals surface area contributed by atoms with Crippen LogP contribution in [0, 0.1) is 5.92 Å². The summed E-state index contributed by atoms with van der Waals surface area (Å²) in [5.74, 6) is 1.55.